The lowest BCUT2D eigenvalue weighted by Crippen LogP contribution is -2.24. The number of ether oxygens (including phenoxy) is 1. The molecule has 0 amide bonds. The molecule has 0 saturated heterocycles. The molecule has 0 saturated carbocycles. The third-order valence-corrected chi connectivity index (χ3v) is 3.79. The van der Waals surface area contributed by atoms with Crippen LogP contribution >= 0.6 is 0 Å². The van der Waals surface area contributed by atoms with Crippen molar-refractivity contribution in [2.24, 2.45) is 0 Å². The Morgan fingerprint density at radius 2 is 2.12 bits per heavy atom. The molecule has 1 unspecified atom stereocenters. The standard InChI is InChI=1S/C16H21N7O3/c1-9-3-4-10(5-18-9)7-23-14-12(20-16(23)26-2)13(17)21-15(22-14)19-6-11(25)8-24/h3-5,11,24-25H,6-8H2,1-2H3,(H3,17,19,21,22). The summed E-state index contributed by atoms with van der Waals surface area (Å²) < 4.78 is 7.12. The lowest BCUT2D eigenvalue weighted by Gasteiger charge is -2.10. The molecule has 0 aliphatic carbocycles. The van der Waals surface area contributed by atoms with Gasteiger partial charge in [0.25, 0.3) is 6.01 Å². The summed E-state index contributed by atoms with van der Waals surface area (Å²) in [5.41, 5.74) is 8.80. The number of hydrogen-bond acceptors (Lipinski definition) is 9. The number of methoxy groups -OCH3 is 1. The summed E-state index contributed by atoms with van der Waals surface area (Å²) in [4.78, 5) is 17.2. The molecule has 5 N–H and O–H groups in total. The Labute approximate surface area is 149 Å². The van der Waals surface area contributed by atoms with Crippen LogP contribution in [0.25, 0.3) is 11.2 Å². The number of rotatable bonds is 7. The molecule has 3 aromatic rings. The van der Waals surface area contributed by atoms with Gasteiger partial charge in [-0.25, -0.2) is 0 Å². The number of imidazole rings is 1. The van der Waals surface area contributed by atoms with Gasteiger partial charge < -0.3 is 26.0 Å². The lowest BCUT2D eigenvalue weighted by molar-refractivity contribution is 0.105. The van der Waals surface area contributed by atoms with Crippen molar-refractivity contribution in [1.29, 1.82) is 0 Å². The summed E-state index contributed by atoms with van der Waals surface area (Å²) in [5.74, 6) is 0.420. The number of fused-ring (bicyclic) bond motifs is 1. The molecule has 0 bridgehead atoms. The highest BCUT2D eigenvalue weighted by Crippen LogP contribution is 2.25. The van der Waals surface area contributed by atoms with Crippen LogP contribution in [0.3, 0.4) is 0 Å². The molecule has 10 nitrogen and oxygen atoms in total. The zero-order valence-electron chi connectivity index (χ0n) is 14.5. The minimum absolute atomic E-state index is 0.0919. The van der Waals surface area contributed by atoms with Gasteiger partial charge in [0.1, 0.15) is 0 Å². The quantitative estimate of drug-likeness (QED) is 0.455. The highest BCUT2D eigenvalue weighted by molar-refractivity contribution is 5.84. The first-order chi connectivity index (χ1) is 12.5. The Morgan fingerprint density at radius 1 is 1.31 bits per heavy atom. The molecule has 138 valence electrons. The monoisotopic (exact) mass is 359 g/mol. The van der Waals surface area contributed by atoms with E-state index in [9.17, 15) is 5.11 Å². The Bertz CT molecular complexity index is 895. The van der Waals surface area contributed by atoms with E-state index in [1.54, 1.807) is 10.8 Å². The molecule has 26 heavy (non-hydrogen) atoms. The van der Waals surface area contributed by atoms with Gasteiger partial charge in [-0.1, -0.05) is 6.07 Å². The SMILES string of the molecule is COc1nc2c(N)nc(NCC(O)CO)nc2n1Cc1ccc(C)nc1. The third-order valence-electron chi connectivity index (χ3n) is 3.79. The predicted molar refractivity (Wildman–Crippen MR) is 95.9 cm³/mol. The summed E-state index contributed by atoms with van der Waals surface area (Å²) in [6, 6.07) is 4.25. The van der Waals surface area contributed by atoms with Crippen LogP contribution < -0.4 is 15.8 Å². The fourth-order valence-electron chi connectivity index (χ4n) is 2.43. The number of nitrogens with one attached hydrogen (secondary N) is 1. The first-order valence-electron chi connectivity index (χ1n) is 8.04. The maximum Gasteiger partial charge on any atom is 0.298 e. The topological polar surface area (TPSA) is 144 Å². The number of aliphatic hydroxyl groups is 2. The Morgan fingerprint density at radius 3 is 2.77 bits per heavy atom. The van der Waals surface area contributed by atoms with E-state index < -0.39 is 6.10 Å². The molecule has 0 fully saturated rings. The molecule has 3 heterocycles. The van der Waals surface area contributed by atoms with E-state index in [0.717, 1.165) is 11.3 Å². The number of aromatic nitrogens is 5. The summed E-state index contributed by atoms with van der Waals surface area (Å²) in [6.45, 7) is 2.09. The number of nitrogens with zero attached hydrogens (tertiary/aromatic N) is 5. The van der Waals surface area contributed by atoms with Gasteiger partial charge in [-0.15, -0.1) is 0 Å². The van der Waals surface area contributed by atoms with E-state index in [-0.39, 0.29) is 24.9 Å². The zero-order valence-corrected chi connectivity index (χ0v) is 14.5. The number of nitrogen functional groups attached to an aromatic ring is 1. The molecule has 0 radical (unpaired) electrons. The molecule has 1 atom stereocenters. The number of pyridine rings is 1. The van der Waals surface area contributed by atoms with E-state index in [4.69, 9.17) is 15.6 Å². The normalized spacial score (nSPS) is 12.3. The zero-order chi connectivity index (χ0) is 18.7. The summed E-state index contributed by atoms with van der Waals surface area (Å²) in [7, 11) is 1.52. The average molecular weight is 359 g/mol. The second-order valence-electron chi connectivity index (χ2n) is 5.81. The molecule has 3 rings (SSSR count). The maximum absolute atomic E-state index is 9.47. The summed E-state index contributed by atoms with van der Waals surface area (Å²) in [5, 5.41) is 21.2. The summed E-state index contributed by atoms with van der Waals surface area (Å²) in [6.07, 6.45) is 0.857. The molecular weight excluding hydrogens is 338 g/mol. The van der Waals surface area contributed by atoms with Gasteiger partial charge in [0.05, 0.1) is 26.4 Å². The number of anilines is 2. The van der Waals surface area contributed by atoms with E-state index in [0.29, 0.717) is 23.7 Å². The fourth-order valence-corrected chi connectivity index (χ4v) is 2.43. The van der Waals surface area contributed by atoms with Crippen molar-refractivity contribution in [3.05, 3.63) is 29.6 Å². The number of nitrogens with two attached hydrogens (primary N) is 1. The second-order valence-corrected chi connectivity index (χ2v) is 5.81. The van der Waals surface area contributed by atoms with Crippen molar-refractivity contribution in [2.45, 2.75) is 19.6 Å². The maximum atomic E-state index is 9.47. The van der Waals surface area contributed by atoms with Crippen LogP contribution in [0.2, 0.25) is 0 Å². The second kappa shape index (κ2) is 7.50. The van der Waals surface area contributed by atoms with Crippen molar-refractivity contribution in [3.8, 4) is 6.01 Å². The van der Waals surface area contributed by atoms with E-state index >= 15 is 0 Å². The van der Waals surface area contributed by atoms with Gasteiger partial charge in [-0.2, -0.15) is 15.0 Å². The van der Waals surface area contributed by atoms with Gasteiger partial charge >= 0.3 is 0 Å². The number of aliphatic hydroxyl groups excluding tert-OH is 2. The number of hydrogen-bond donors (Lipinski definition) is 4. The van der Waals surface area contributed by atoms with Gasteiger partial charge in [0, 0.05) is 18.4 Å². The molecule has 0 aliphatic rings. The Kier molecular flexibility index (Phi) is 5.14. The minimum Gasteiger partial charge on any atom is -0.468 e. The highest BCUT2D eigenvalue weighted by atomic mass is 16.5. The van der Waals surface area contributed by atoms with Crippen LogP contribution in [-0.4, -0.2) is 61.1 Å². The fraction of sp³-hybridized carbons (Fsp3) is 0.375. The van der Waals surface area contributed by atoms with E-state index in [1.165, 1.54) is 7.11 Å². The highest BCUT2D eigenvalue weighted by Gasteiger charge is 2.18. The van der Waals surface area contributed by atoms with Crippen molar-refractivity contribution in [1.82, 2.24) is 24.5 Å². The van der Waals surface area contributed by atoms with Crippen LogP contribution in [0.5, 0.6) is 6.01 Å². The molecule has 0 aliphatic heterocycles. The molecule has 3 aromatic heterocycles. The Hall–Kier alpha value is -2.98. The van der Waals surface area contributed by atoms with Gasteiger partial charge in [0.15, 0.2) is 17.0 Å². The van der Waals surface area contributed by atoms with Crippen LogP contribution in [0.15, 0.2) is 18.3 Å². The largest absolute Gasteiger partial charge is 0.468 e. The predicted octanol–water partition coefficient (Wildman–Crippen LogP) is -0.0661. The van der Waals surface area contributed by atoms with Crippen molar-refractivity contribution >= 4 is 22.9 Å². The summed E-state index contributed by atoms with van der Waals surface area (Å²) >= 11 is 0. The Balaban J connectivity index is 1.99. The number of aryl methyl sites for hydroxylation is 1. The van der Waals surface area contributed by atoms with Crippen molar-refractivity contribution < 1.29 is 14.9 Å². The van der Waals surface area contributed by atoms with Crippen LogP contribution in [-0.2, 0) is 6.54 Å². The van der Waals surface area contributed by atoms with Gasteiger partial charge in [-0.3, -0.25) is 9.55 Å². The van der Waals surface area contributed by atoms with Crippen LogP contribution in [0, 0.1) is 6.92 Å². The molecule has 10 heteroatoms. The van der Waals surface area contributed by atoms with Crippen molar-refractivity contribution in [3.63, 3.8) is 0 Å². The third kappa shape index (κ3) is 3.65. The molecule has 0 spiro atoms. The van der Waals surface area contributed by atoms with Crippen LogP contribution in [0.1, 0.15) is 11.3 Å². The van der Waals surface area contributed by atoms with E-state index in [2.05, 4.69) is 25.3 Å². The average Bonchev–Trinajstić information content (AvgIpc) is 2.99. The molecular formula is C16H21N7O3. The smallest absolute Gasteiger partial charge is 0.298 e. The van der Waals surface area contributed by atoms with Crippen molar-refractivity contribution in [2.75, 3.05) is 31.3 Å². The lowest BCUT2D eigenvalue weighted by atomic mass is 10.2. The minimum atomic E-state index is -0.923. The van der Waals surface area contributed by atoms with Gasteiger partial charge in [-0.05, 0) is 18.6 Å². The van der Waals surface area contributed by atoms with E-state index in [1.807, 2.05) is 19.1 Å². The van der Waals surface area contributed by atoms with Crippen LogP contribution in [0.4, 0.5) is 11.8 Å². The molecule has 0 aromatic carbocycles. The first kappa shape index (κ1) is 17.8. The van der Waals surface area contributed by atoms with Gasteiger partial charge in [0.2, 0.25) is 5.95 Å². The first-order valence-corrected chi connectivity index (χ1v) is 8.04.